The Morgan fingerprint density at radius 3 is 2.61 bits per heavy atom. The predicted octanol–water partition coefficient (Wildman–Crippen LogP) is 5.21. The van der Waals surface area contributed by atoms with Crippen molar-refractivity contribution in [1.82, 2.24) is 15.2 Å². The van der Waals surface area contributed by atoms with Crippen LogP contribution in [-0.2, 0) is 6.42 Å². The summed E-state index contributed by atoms with van der Waals surface area (Å²) in [5.74, 6) is 1.42. The van der Waals surface area contributed by atoms with E-state index in [1.54, 1.807) is 12.1 Å². The van der Waals surface area contributed by atoms with Gasteiger partial charge in [-0.2, -0.15) is 5.10 Å². The van der Waals surface area contributed by atoms with Crippen molar-refractivity contribution in [2.75, 3.05) is 7.11 Å². The maximum Gasteiger partial charge on any atom is 0.161 e. The van der Waals surface area contributed by atoms with Gasteiger partial charge in [-0.25, -0.2) is 0 Å². The molecule has 0 amide bonds. The highest BCUT2D eigenvalue weighted by Crippen LogP contribution is 2.41. The molecule has 2 heterocycles. The lowest BCUT2D eigenvalue weighted by Gasteiger charge is -2.11. The minimum Gasteiger partial charge on any atom is -0.504 e. The first-order chi connectivity index (χ1) is 15.0. The summed E-state index contributed by atoms with van der Waals surface area (Å²) in [6, 6.07) is 15.4. The fraction of sp³-hybridized carbons (Fsp3) is 0.200. The van der Waals surface area contributed by atoms with Crippen LogP contribution in [-0.4, -0.2) is 33.5 Å². The Hall–Kier alpha value is -3.80. The van der Waals surface area contributed by atoms with Gasteiger partial charge in [0.25, 0.3) is 0 Å². The summed E-state index contributed by atoms with van der Waals surface area (Å²) in [5, 5.41) is 17.6. The van der Waals surface area contributed by atoms with Gasteiger partial charge < -0.3 is 14.6 Å². The Bertz CT molecular complexity index is 1260. The highest BCUT2D eigenvalue weighted by atomic mass is 16.5. The van der Waals surface area contributed by atoms with E-state index in [4.69, 9.17) is 9.47 Å². The van der Waals surface area contributed by atoms with Crippen LogP contribution in [0.4, 0.5) is 0 Å². The lowest BCUT2D eigenvalue weighted by Crippen LogP contribution is -2.05. The summed E-state index contributed by atoms with van der Waals surface area (Å²) in [7, 11) is 1.53. The molecule has 0 fully saturated rings. The molecule has 0 aliphatic heterocycles. The third-order valence-electron chi connectivity index (χ3n) is 5.46. The maximum absolute atomic E-state index is 9.81. The van der Waals surface area contributed by atoms with E-state index in [-0.39, 0.29) is 11.9 Å². The number of H-pyrrole nitrogens is 1. The molecule has 2 aromatic heterocycles. The van der Waals surface area contributed by atoms with Crippen molar-refractivity contribution in [3.05, 3.63) is 65.9 Å². The number of rotatable bonds is 5. The smallest absolute Gasteiger partial charge is 0.161 e. The standard InChI is InChI=1S/C25H23N3O3/c1-14(2)31-18-6-7-19-17(10-18)11-20-24(27-28-25(19)20)16-4-8-21(26-13-16)15-5-9-22(29)23(12-15)30-3/h4-10,12-14,29H,11H2,1-3H3,(H,27,28). The maximum atomic E-state index is 9.81. The van der Waals surface area contributed by atoms with E-state index < -0.39 is 0 Å². The molecule has 0 saturated carbocycles. The Labute approximate surface area is 180 Å². The van der Waals surface area contributed by atoms with Gasteiger partial charge in [-0.1, -0.05) is 0 Å². The van der Waals surface area contributed by atoms with E-state index in [9.17, 15) is 5.11 Å². The van der Waals surface area contributed by atoms with E-state index in [1.807, 2.05) is 44.3 Å². The molecule has 0 atom stereocenters. The van der Waals surface area contributed by atoms with Crippen molar-refractivity contribution < 1.29 is 14.6 Å². The number of aromatic nitrogens is 3. The number of phenols is 1. The molecule has 0 saturated heterocycles. The number of aromatic amines is 1. The number of hydrogen-bond donors (Lipinski definition) is 2. The Morgan fingerprint density at radius 2 is 1.87 bits per heavy atom. The number of ether oxygens (including phenoxy) is 2. The third-order valence-corrected chi connectivity index (χ3v) is 5.46. The number of benzene rings is 2. The second-order valence-electron chi connectivity index (χ2n) is 7.91. The van der Waals surface area contributed by atoms with Crippen LogP contribution in [0.15, 0.2) is 54.7 Å². The van der Waals surface area contributed by atoms with Crippen molar-refractivity contribution in [3.63, 3.8) is 0 Å². The number of methoxy groups -OCH3 is 1. The first-order valence-corrected chi connectivity index (χ1v) is 10.2. The minimum absolute atomic E-state index is 0.108. The zero-order valence-corrected chi connectivity index (χ0v) is 17.6. The molecule has 4 aromatic rings. The van der Waals surface area contributed by atoms with Crippen LogP contribution in [0.25, 0.3) is 33.8 Å². The Balaban J connectivity index is 1.44. The van der Waals surface area contributed by atoms with Crippen molar-refractivity contribution in [2.24, 2.45) is 0 Å². The van der Waals surface area contributed by atoms with Crippen LogP contribution in [0.1, 0.15) is 25.0 Å². The second kappa shape index (κ2) is 7.47. The van der Waals surface area contributed by atoms with Crippen LogP contribution in [0, 0.1) is 0 Å². The molecule has 1 aliphatic carbocycles. The minimum atomic E-state index is 0.108. The topological polar surface area (TPSA) is 80.3 Å². The lowest BCUT2D eigenvalue weighted by molar-refractivity contribution is 0.242. The van der Waals surface area contributed by atoms with Crippen LogP contribution in [0.2, 0.25) is 0 Å². The number of phenolic OH excluding ortho intramolecular Hbond substituents is 1. The monoisotopic (exact) mass is 413 g/mol. The fourth-order valence-electron chi connectivity index (χ4n) is 4.04. The molecule has 1 aliphatic rings. The molecular formula is C25H23N3O3. The summed E-state index contributed by atoms with van der Waals surface area (Å²) < 4.78 is 11.0. The molecule has 0 unspecified atom stereocenters. The quantitative estimate of drug-likeness (QED) is 0.413. The fourth-order valence-corrected chi connectivity index (χ4v) is 4.04. The summed E-state index contributed by atoms with van der Waals surface area (Å²) in [4.78, 5) is 4.62. The van der Waals surface area contributed by atoms with Crippen molar-refractivity contribution in [2.45, 2.75) is 26.4 Å². The van der Waals surface area contributed by atoms with Gasteiger partial charge in [0.1, 0.15) is 5.75 Å². The van der Waals surface area contributed by atoms with Crippen molar-refractivity contribution in [3.8, 4) is 51.0 Å². The van der Waals surface area contributed by atoms with Gasteiger partial charge in [0.2, 0.25) is 0 Å². The van der Waals surface area contributed by atoms with Crippen LogP contribution in [0.5, 0.6) is 17.2 Å². The molecule has 6 heteroatoms. The molecule has 5 rings (SSSR count). The number of nitrogens with zero attached hydrogens (tertiary/aromatic N) is 2. The van der Waals surface area contributed by atoms with E-state index in [0.29, 0.717) is 5.75 Å². The Kier molecular flexibility index (Phi) is 4.62. The van der Waals surface area contributed by atoms with Crippen molar-refractivity contribution >= 4 is 0 Å². The van der Waals surface area contributed by atoms with E-state index in [2.05, 4.69) is 27.3 Å². The largest absolute Gasteiger partial charge is 0.504 e. The van der Waals surface area contributed by atoms with Crippen LogP contribution >= 0.6 is 0 Å². The molecule has 2 N–H and O–H groups in total. The number of nitrogens with one attached hydrogen (secondary N) is 1. The molecule has 156 valence electrons. The molecule has 0 spiro atoms. The molecule has 2 aromatic carbocycles. The second-order valence-corrected chi connectivity index (χ2v) is 7.91. The van der Waals surface area contributed by atoms with Gasteiger partial charge in [-0.05, 0) is 67.9 Å². The van der Waals surface area contributed by atoms with Gasteiger partial charge in [0.05, 0.1) is 30.3 Å². The Morgan fingerprint density at radius 1 is 1.03 bits per heavy atom. The molecule has 31 heavy (non-hydrogen) atoms. The number of hydrogen-bond acceptors (Lipinski definition) is 5. The third kappa shape index (κ3) is 3.40. The number of pyridine rings is 1. The highest BCUT2D eigenvalue weighted by molar-refractivity contribution is 5.81. The molecular weight excluding hydrogens is 390 g/mol. The zero-order valence-electron chi connectivity index (χ0n) is 17.6. The SMILES string of the molecule is COc1cc(-c2ccc(-c3n[nH]c4c3Cc3cc(OC(C)C)ccc3-4)cn2)ccc1O. The zero-order chi connectivity index (χ0) is 21.5. The summed E-state index contributed by atoms with van der Waals surface area (Å²) in [5.41, 5.74) is 8.20. The van der Waals surface area contributed by atoms with Gasteiger partial charge in [0, 0.05) is 34.9 Å². The average molecular weight is 413 g/mol. The van der Waals surface area contributed by atoms with E-state index >= 15 is 0 Å². The summed E-state index contributed by atoms with van der Waals surface area (Å²) >= 11 is 0. The predicted molar refractivity (Wildman–Crippen MR) is 119 cm³/mol. The van der Waals surface area contributed by atoms with Gasteiger partial charge in [-0.15, -0.1) is 0 Å². The first-order valence-electron chi connectivity index (χ1n) is 10.2. The lowest BCUT2D eigenvalue weighted by atomic mass is 10.1. The van der Waals surface area contributed by atoms with Crippen molar-refractivity contribution in [1.29, 1.82) is 0 Å². The summed E-state index contributed by atoms with van der Waals surface area (Å²) in [6.07, 6.45) is 2.79. The average Bonchev–Trinajstić information content (AvgIpc) is 3.32. The number of fused-ring (bicyclic) bond motifs is 3. The number of aromatic hydroxyl groups is 1. The van der Waals surface area contributed by atoms with Gasteiger partial charge in [-0.3, -0.25) is 10.1 Å². The van der Waals surface area contributed by atoms with E-state index in [1.165, 1.54) is 23.8 Å². The van der Waals surface area contributed by atoms with Crippen LogP contribution < -0.4 is 9.47 Å². The highest BCUT2D eigenvalue weighted by Gasteiger charge is 2.25. The normalized spacial score (nSPS) is 12.0. The molecule has 6 nitrogen and oxygen atoms in total. The molecule has 0 bridgehead atoms. The van der Waals surface area contributed by atoms with E-state index in [0.717, 1.165) is 40.4 Å². The van der Waals surface area contributed by atoms with Gasteiger partial charge in [0.15, 0.2) is 11.5 Å². The molecule has 0 radical (unpaired) electrons. The summed E-state index contributed by atoms with van der Waals surface area (Å²) in [6.45, 7) is 4.06. The van der Waals surface area contributed by atoms with Crippen LogP contribution in [0.3, 0.4) is 0 Å². The first kappa shape index (κ1) is 19.2. The van der Waals surface area contributed by atoms with Gasteiger partial charge >= 0.3 is 0 Å².